The molecule has 5 nitrogen and oxygen atoms in total. The Labute approximate surface area is 217 Å². The number of halogens is 1. The Balaban J connectivity index is 1.23. The lowest BCUT2D eigenvalue weighted by Gasteiger charge is -2.21. The number of fused-ring (bicyclic) bond motifs is 1. The molecule has 1 aliphatic heterocycles. The van der Waals surface area contributed by atoms with Gasteiger partial charge in [-0.1, -0.05) is 35.4 Å². The molecule has 0 atom stereocenters. The van der Waals surface area contributed by atoms with E-state index in [1.165, 1.54) is 0 Å². The van der Waals surface area contributed by atoms with E-state index in [4.69, 9.17) is 33.3 Å². The number of aryl methyl sites for hydroxylation is 1. The van der Waals surface area contributed by atoms with Crippen molar-refractivity contribution < 1.29 is 14.3 Å². The maximum absolute atomic E-state index is 12.6. The second-order valence-corrected chi connectivity index (χ2v) is 9.32. The summed E-state index contributed by atoms with van der Waals surface area (Å²) in [7, 11) is 0. The number of unbranched alkanes of at least 4 members (excludes halogenated alkanes) is 2. The van der Waals surface area contributed by atoms with E-state index >= 15 is 0 Å². The van der Waals surface area contributed by atoms with E-state index in [0.717, 1.165) is 54.0 Å². The Morgan fingerprint density at radius 3 is 2.43 bits per heavy atom. The molecule has 0 spiro atoms. The van der Waals surface area contributed by atoms with Gasteiger partial charge in [-0.3, -0.25) is 10.1 Å². The molecule has 3 aromatic carbocycles. The molecule has 3 aromatic rings. The molecule has 4 rings (SSSR count). The predicted octanol–water partition coefficient (Wildman–Crippen LogP) is 6.35. The molecular weight excluding hydrogens is 480 g/mol. The topological polar surface area (TPSA) is 50.8 Å². The SMILES string of the molecule is Cc1ccc(C(=O)NC(=S)N2CCc3c(OCCCCCOc4ccc(Cl)cc4)cccc32)cc1. The molecule has 0 saturated carbocycles. The standard InChI is InChI=1S/C28H29ClN2O3S/c1-20-8-10-21(11-9-20)27(32)30-28(35)31-17-16-24-25(31)6-5-7-26(24)34-19-4-2-3-18-33-23-14-12-22(29)13-15-23/h5-15H,2-4,16-19H2,1H3,(H,30,32,35). The van der Waals surface area contributed by atoms with Crippen molar-refractivity contribution in [1.82, 2.24) is 5.32 Å². The van der Waals surface area contributed by atoms with E-state index in [1.54, 1.807) is 12.1 Å². The summed E-state index contributed by atoms with van der Waals surface area (Å²) in [6.07, 6.45) is 3.74. The molecule has 0 unspecified atom stereocenters. The van der Waals surface area contributed by atoms with Crippen LogP contribution in [0.5, 0.6) is 11.5 Å². The Hall–Kier alpha value is -3.09. The fourth-order valence-corrected chi connectivity index (χ4v) is 4.38. The zero-order valence-electron chi connectivity index (χ0n) is 19.8. The summed E-state index contributed by atoms with van der Waals surface area (Å²) in [5, 5.41) is 3.98. The molecule has 0 fully saturated rings. The van der Waals surface area contributed by atoms with Gasteiger partial charge in [0.2, 0.25) is 0 Å². The minimum atomic E-state index is -0.198. The first-order valence-electron chi connectivity index (χ1n) is 11.8. The first kappa shape index (κ1) is 25.0. The maximum Gasteiger partial charge on any atom is 0.257 e. The van der Waals surface area contributed by atoms with Crippen molar-refractivity contribution in [1.29, 1.82) is 0 Å². The minimum absolute atomic E-state index is 0.198. The van der Waals surface area contributed by atoms with E-state index in [0.29, 0.717) is 35.5 Å². The average molecular weight is 509 g/mol. The zero-order chi connectivity index (χ0) is 24.6. The molecule has 35 heavy (non-hydrogen) atoms. The highest BCUT2D eigenvalue weighted by Gasteiger charge is 2.26. The molecule has 0 aromatic heterocycles. The van der Waals surface area contributed by atoms with Crippen molar-refractivity contribution in [3.05, 3.63) is 88.4 Å². The van der Waals surface area contributed by atoms with Crippen LogP contribution in [0.4, 0.5) is 5.69 Å². The maximum atomic E-state index is 12.6. The summed E-state index contributed by atoms with van der Waals surface area (Å²) in [6.45, 7) is 4.02. The third-order valence-electron chi connectivity index (χ3n) is 5.89. The van der Waals surface area contributed by atoms with Crippen LogP contribution in [0.15, 0.2) is 66.7 Å². The average Bonchev–Trinajstić information content (AvgIpc) is 3.30. The van der Waals surface area contributed by atoms with Crippen molar-refractivity contribution in [2.45, 2.75) is 32.6 Å². The highest BCUT2D eigenvalue weighted by molar-refractivity contribution is 7.80. The number of carbonyl (C=O) groups is 1. The van der Waals surface area contributed by atoms with Crippen molar-refractivity contribution in [2.24, 2.45) is 0 Å². The second kappa shape index (κ2) is 12.0. The number of hydrogen-bond acceptors (Lipinski definition) is 4. The fraction of sp³-hybridized carbons (Fsp3) is 0.286. The molecule has 7 heteroatoms. The Kier molecular flexibility index (Phi) is 8.61. The summed E-state index contributed by atoms with van der Waals surface area (Å²) in [6, 6.07) is 20.9. The quantitative estimate of drug-likeness (QED) is 0.269. The molecule has 182 valence electrons. The van der Waals surface area contributed by atoms with Crippen LogP contribution < -0.4 is 19.7 Å². The number of benzene rings is 3. The number of nitrogens with zero attached hydrogens (tertiary/aromatic N) is 1. The molecule has 1 amide bonds. The van der Waals surface area contributed by atoms with Crippen molar-refractivity contribution in [3.63, 3.8) is 0 Å². The van der Waals surface area contributed by atoms with E-state index < -0.39 is 0 Å². The van der Waals surface area contributed by atoms with Crippen molar-refractivity contribution in [2.75, 3.05) is 24.7 Å². The van der Waals surface area contributed by atoms with E-state index in [-0.39, 0.29) is 5.91 Å². The van der Waals surface area contributed by atoms with Crippen LogP contribution in [0, 0.1) is 6.92 Å². The van der Waals surface area contributed by atoms with Gasteiger partial charge in [-0.25, -0.2) is 0 Å². The number of amides is 1. The van der Waals surface area contributed by atoms with E-state index in [1.807, 2.05) is 66.4 Å². The van der Waals surface area contributed by atoms with Crippen molar-refractivity contribution in [3.8, 4) is 11.5 Å². The highest BCUT2D eigenvalue weighted by Crippen LogP contribution is 2.35. The monoisotopic (exact) mass is 508 g/mol. The Morgan fingerprint density at radius 1 is 0.971 bits per heavy atom. The number of carbonyl (C=O) groups excluding carboxylic acids is 1. The van der Waals surface area contributed by atoms with Crippen LogP contribution in [-0.2, 0) is 6.42 Å². The van der Waals surface area contributed by atoms with Gasteiger partial charge in [0.25, 0.3) is 5.91 Å². The molecule has 0 saturated heterocycles. The largest absolute Gasteiger partial charge is 0.494 e. The molecule has 1 aliphatic rings. The molecule has 0 aliphatic carbocycles. The van der Waals surface area contributed by atoms with Crippen LogP contribution in [-0.4, -0.2) is 30.8 Å². The van der Waals surface area contributed by atoms with Gasteiger partial charge < -0.3 is 14.4 Å². The van der Waals surface area contributed by atoms with Gasteiger partial charge in [-0.2, -0.15) is 0 Å². The fourth-order valence-electron chi connectivity index (χ4n) is 3.97. The third-order valence-corrected chi connectivity index (χ3v) is 6.47. The van der Waals surface area contributed by atoms with Crippen LogP contribution in [0.2, 0.25) is 5.02 Å². The number of anilines is 1. The summed E-state index contributed by atoms with van der Waals surface area (Å²) < 4.78 is 11.8. The molecular formula is C28H29ClN2O3S. The molecule has 1 N–H and O–H groups in total. The molecule has 1 heterocycles. The van der Waals surface area contributed by atoms with Gasteiger partial charge in [0.15, 0.2) is 5.11 Å². The van der Waals surface area contributed by atoms with Gasteiger partial charge in [0.05, 0.1) is 18.9 Å². The smallest absolute Gasteiger partial charge is 0.257 e. The Morgan fingerprint density at radius 2 is 1.69 bits per heavy atom. The van der Waals surface area contributed by atoms with Crippen LogP contribution in [0.3, 0.4) is 0 Å². The van der Waals surface area contributed by atoms with Gasteiger partial charge in [-0.15, -0.1) is 0 Å². The summed E-state index contributed by atoms with van der Waals surface area (Å²) >= 11 is 11.4. The second-order valence-electron chi connectivity index (χ2n) is 8.49. The molecule has 0 bridgehead atoms. The predicted molar refractivity (Wildman–Crippen MR) is 145 cm³/mol. The first-order chi connectivity index (χ1) is 17.0. The number of ether oxygens (including phenoxy) is 2. The Bertz CT molecular complexity index is 1170. The zero-order valence-corrected chi connectivity index (χ0v) is 21.3. The molecule has 0 radical (unpaired) electrons. The lowest BCUT2D eigenvalue weighted by atomic mass is 10.1. The van der Waals surface area contributed by atoms with E-state index in [2.05, 4.69) is 5.32 Å². The summed E-state index contributed by atoms with van der Waals surface area (Å²) in [5.74, 6) is 1.52. The van der Waals surface area contributed by atoms with Crippen LogP contribution >= 0.6 is 23.8 Å². The number of nitrogens with one attached hydrogen (secondary N) is 1. The minimum Gasteiger partial charge on any atom is -0.494 e. The number of thiocarbonyl (C=S) groups is 1. The van der Waals surface area contributed by atoms with Crippen LogP contribution in [0.25, 0.3) is 0 Å². The lowest BCUT2D eigenvalue weighted by molar-refractivity contribution is 0.0977. The number of hydrogen-bond donors (Lipinski definition) is 1. The summed E-state index contributed by atoms with van der Waals surface area (Å²) in [5.41, 5.74) is 3.82. The van der Waals surface area contributed by atoms with Gasteiger partial charge in [0, 0.05) is 22.7 Å². The first-order valence-corrected chi connectivity index (χ1v) is 12.6. The van der Waals surface area contributed by atoms with Crippen LogP contribution in [0.1, 0.15) is 40.7 Å². The van der Waals surface area contributed by atoms with Gasteiger partial charge in [0.1, 0.15) is 11.5 Å². The third kappa shape index (κ3) is 6.74. The normalized spacial score (nSPS) is 12.2. The highest BCUT2D eigenvalue weighted by atomic mass is 35.5. The summed E-state index contributed by atoms with van der Waals surface area (Å²) in [4.78, 5) is 14.6. The van der Waals surface area contributed by atoms with E-state index in [9.17, 15) is 4.79 Å². The van der Waals surface area contributed by atoms with Crippen molar-refractivity contribution >= 4 is 40.5 Å². The van der Waals surface area contributed by atoms with Gasteiger partial charge in [-0.05, 0) is 93.4 Å². The number of rotatable bonds is 9. The lowest BCUT2D eigenvalue weighted by Crippen LogP contribution is -2.41. The van der Waals surface area contributed by atoms with Gasteiger partial charge >= 0.3 is 0 Å².